The molecule has 0 radical (unpaired) electrons. The van der Waals surface area contributed by atoms with Crippen molar-refractivity contribution in [1.29, 1.82) is 0 Å². The molecule has 0 saturated heterocycles. The van der Waals surface area contributed by atoms with E-state index in [-0.39, 0.29) is 12.1 Å². The highest BCUT2D eigenvalue weighted by atomic mass is 19.1. The minimum Gasteiger partial charge on any atom is -0.379 e. The van der Waals surface area contributed by atoms with Crippen molar-refractivity contribution in [3.05, 3.63) is 35.4 Å². The van der Waals surface area contributed by atoms with Crippen LogP contribution in [0.4, 0.5) is 8.78 Å². The second-order valence-electron chi connectivity index (χ2n) is 5.17. The monoisotopic (exact) mass is 269 g/mol. The molecule has 2 rings (SSSR count). The van der Waals surface area contributed by atoms with E-state index in [4.69, 9.17) is 4.74 Å². The first-order valence-electron chi connectivity index (χ1n) is 6.88. The average Bonchev–Trinajstić information content (AvgIpc) is 3.17. The van der Waals surface area contributed by atoms with Gasteiger partial charge in [0.05, 0.1) is 12.1 Å². The van der Waals surface area contributed by atoms with Crippen LogP contribution in [0, 0.1) is 17.6 Å². The van der Waals surface area contributed by atoms with Crippen molar-refractivity contribution in [3.8, 4) is 0 Å². The summed E-state index contributed by atoms with van der Waals surface area (Å²) in [5.74, 6) is -0.585. The lowest BCUT2D eigenvalue weighted by Gasteiger charge is -2.27. The fourth-order valence-electron chi connectivity index (χ4n) is 2.50. The molecule has 19 heavy (non-hydrogen) atoms. The summed E-state index contributed by atoms with van der Waals surface area (Å²) < 4.78 is 32.3. The van der Waals surface area contributed by atoms with Crippen LogP contribution >= 0.6 is 0 Å². The summed E-state index contributed by atoms with van der Waals surface area (Å²) in [6.07, 6.45) is 3.20. The Morgan fingerprint density at radius 3 is 2.37 bits per heavy atom. The molecule has 1 fully saturated rings. The third-order valence-corrected chi connectivity index (χ3v) is 3.55. The van der Waals surface area contributed by atoms with Crippen LogP contribution in [0.15, 0.2) is 18.2 Å². The van der Waals surface area contributed by atoms with Gasteiger partial charge in [-0.1, -0.05) is 6.92 Å². The highest BCUT2D eigenvalue weighted by molar-refractivity contribution is 5.23. The zero-order valence-electron chi connectivity index (χ0n) is 11.5. The van der Waals surface area contributed by atoms with Gasteiger partial charge in [0.25, 0.3) is 0 Å². The second-order valence-corrected chi connectivity index (χ2v) is 5.17. The maximum absolute atomic E-state index is 13.4. The Labute approximate surface area is 113 Å². The molecule has 2 atom stereocenters. The minimum atomic E-state index is -0.538. The third kappa shape index (κ3) is 3.74. The van der Waals surface area contributed by atoms with Crippen molar-refractivity contribution in [2.45, 2.75) is 38.3 Å². The van der Waals surface area contributed by atoms with Crippen LogP contribution in [0.25, 0.3) is 0 Å². The summed E-state index contributed by atoms with van der Waals surface area (Å²) in [5, 5.41) is 3.35. The molecule has 0 spiro atoms. The number of methoxy groups -OCH3 is 1. The van der Waals surface area contributed by atoms with Crippen molar-refractivity contribution < 1.29 is 13.5 Å². The Kier molecular flexibility index (Phi) is 4.88. The summed E-state index contributed by atoms with van der Waals surface area (Å²) in [7, 11) is 1.67. The maximum atomic E-state index is 13.4. The fourth-order valence-corrected chi connectivity index (χ4v) is 2.50. The number of nitrogens with one attached hydrogen (secondary N) is 1. The van der Waals surface area contributed by atoms with Crippen LogP contribution in [0.3, 0.4) is 0 Å². The van der Waals surface area contributed by atoms with E-state index in [1.807, 2.05) is 0 Å². The minimum absolute atomic E-state index is 0.0206. The number of ether oxygens (including phenoxy) is 1. The summed E-state index contributed by atoms with van der Waals surface area (Å²) in [4.78, 5) is 0. The van der Waals surface area contributed by atoms with Gasteiger partial charge in [0.2, 0.25) is 0 Å². The highest BCUT2D eigenvalue weighted by Gasteiger charge is 2.37. The van der Waals surface area contributed by atoms with Gasteiger partial charge in [-0.05, 0) is 49.4 Å². The molecule has 1 aromatic carbocycles. The van der Waals surface area contributed by atoms with Crippen LogP contribution in [0.1, 0.15) is 37.8 Å². The van der Waals surface area contributed by atoms with Crippen LogP contribution in [0.5, 0.6) is 0 Å². The Balaban J connectivity index is 2.24. The zero-order chi connectivity index (χ0) is 13.8. The molecule has 0 aromatic heterocycles. The number of benzene rings is 1. The van der Waals surface area contributed by atoms with Gasteiger partial charge in [0.15, 0.2) is 0 Å². The van der Waals surface area contributed by atoms with E-state index in [1.165, 1.54) is 12.1 Å². The predicted molar refractivity (Wildman–Crippen MR) is 70.9 cm³/mol. The Morgan fingerprint density at radius 2 is 1.89 bits per heavy atom. The van der Waals surface area contributed by atoms with Gasteiger partial charge in [-0.25, -0.2) is 8.78 Å². The molecule has 0 amide bonds. The highest BCUT2D eigenvalue weighted by Crippen LogP contribution is 2.40. The molecule has 2 unspecified atom stereocenters. The van der Waals surface area contributed by atoms with Gasteiger partial charge >= 0.3 is 0 Å². The SMILES string of the molecule is CCCNC(c1cc(F)cc(F)c1)C(OC)C1CC1. The normalized spacial score (nSPS) is 18.3. The van der Waals surface area contributed by atoms with Crippen LogP contribution in [-0.4, -0.2) is 19.8 Å². The first-order chi connectivity index (χ1) is 9.15. The van der Waals surface area contributed by atoms with E-state index in [1.54, 1.807) is 7.11 Å². The molecule has 1 aliphatic carbocycles. The molecular formula is C15H21F2NO. The van der Waals surface area contributed by atoms with Gasteiger partial charge in [0.1, 0.15) is 11.6 Å². The van der Waals surface area contributed by atoms with E-state index >= 15 is 0 Å². The van der Waals surface area contributed by atoms with Crippen molar-refractivity contribution in [2.24, 2.45) is 5.92 Å². The summed E-state index contributed by atoms with van der Waals surface area (Å²) in [6.45, 7) is 2.87. The summed E-state index contributed by atoms with van der Waals surface area (Å²) >= 11 is 0. The first kappa shape index (κ1) is 14.4. The third-order valence-electron chi connectivity index (χ3n) is 3.55. The van der Waals surface area contributed by atoms with Gasteiger partial charge in [-0.15, -0.1) is 0 Å². The van der Waals surface area contributed by atoms with E-state index < -0.39 is 11.6 Å². The zero-order valence-corrected chi connectivity index (χ0v) is 11.5. The molecular weight excluding hydrogens is 248 g/mol. The molecule has 1 saturated carbocycles. The van der Waals surface area contributed by atoms with Crippen molar-refractivity contribution >= 4 is 0 Å². The number of hydrogen-bond acceptors (Lipinski definition) is 2. The Hall–Kier alpha value is -1.00. The van der Waals surface area contributed by atoms with Crippen LogP contribution in [-0.2, 0) is 4.74 Å². The predicted octanol–water partition coefficient (Wildman–Crippen LogP) is 3.43. The van der Waals surface area contributed by atoms with Crippen LogP contribution < -0.4 is 5.32 Å². The van der Waals surface area contributed by atoms with Crippen LogP contribution in [0.2, 0.25) is 0 Å². The lowest BCUT2D eigenvalue weighted by Crippen LogP contribution is -2.35. The number of rotatable bonds is 7. The van der Waals surface area contributed by atoms with Gasteiger partial charge in [-0.3, -0.25) is 0 Å². The smallest absolute Gasteiger partial charge is 0.126 e. The average molecular weight is 269 g/mol. The quantitative estimate of drug-likeness (QED) is 0.819. The molecule has 1 aliphatic rings. The van der Waals surface area contributed by atoms with E-state index in [9.17, 15) is 8.78 Å². The van der Waals surface area contributed by atoms with Gasteiger partial charge in [0, 0.05) is 13.2 Å². The summed E-state index contributed by atoms with van der Waals surface area (Å²) in [6, 6.07) is 3.54. The van der Waals surface area contributed by atoms with E-state index in [0.29, 0.717) is 11.5 Å². The maximum Gasteiger partial charge on any atom is 0.126 e. The fraction of sp³-hybridized carbons (Fsp3) is 0.600. The van der Waals surface area contributed by atoms with E-state index in [2.05, 4.69) is 12.2 Å². The number of hydrogen-bond donors (Lipinski definition) is 1. The molecule has 0 heterocycles. The summed E-state index contributed by atoms with van der Waals surface area (Å²) in [5.41, 5.74) is 0.629. The van der Waals surface area contributed by atoms with Gasteiger partial charge in [-0.2, -0.15) is 0 Å². The molecule has 106 valence electrons. The Morgan fingerprint density at radius 1 is 1.26 bits per heavy atom. The standard InChI is InChI=1S/C15H21F2NO/c1-3-6-18-14(15(19-2)10-4-5-10)11-7-12(16)9-13(17)8-11/h7-10,14-15,18H,3-6H2,1-2H3. The molecule has 0 aliphatic heterocycles. The Bertz CT molecular complexity index is 400. The van der Waals surface area contributed by atoms with Crippen molar-refractivity contribution in [3.63, 3.8) is 0 Å². The molecule has 4 heteroatoms. The number of halogens is 2. The molecule has 2 nitrogen and oxygen atoms in total. The van der Waals surface area contributed by atoms with Crippen molar-refractivity contribution in [2.75, 3.05) is 13.7 Å². The lowest BCUT2D eigenvalue weighted by atomic mass is 9.97. The van der Waals surface area contributed by atoms with Gasteiger partial charge < -0.3 is 10.1 Å². The topological polar surface area (TPSA) is 21.3 Å². The molecule has 1 aromatic rings. The lowest BCUT2D eigenvalue weighted by molar-refractivity contribution is 0.0505. The molecule has 1 N–H and O–H groups in total. The largest absolute Gasteiger partial charge is 0.379 e. The second kappa shape index (κ2) is 6.44. The first-order valence-corrected chi connectivity index (χ1v) is 6.88. The van der Waals surface area contributed by atoms with Crippen molar-refractivity contribution in [1.82, 2.24) is 5.32 Å². The molecule has 0 bridgehead atoms. The van der Waals surface area contributed by atoms with E-state index in [0.717, 1.165) is 31.9 Å².